The van der Waals surface area contributed by atoms with Gasteiger partial charge in [0.05, 0.1) is 17.6 Å². The van der Waals surface area contributed by atoms with Crippen LogP contribution in [0.25, 0.3) is 0 Å². The monoisotopic (exact) mass is 405 g/mol. The van der Waals surface area contributed by atoms with Crippen molar-refractivity contribution in [3.8, 4) is 5.75 Å². The molecule has 0 aromatic heterocycles. The number of hydrogen-bond acceptors (Lipinski definition) is 7. The number of non-ortho nitro benzene ring substituents is 1. The van der Waals surface area contributed by atoms with Gasteiger partial charge < -0.3 is 9.47 Å². The average molecular weight is 405 g/mol. The van der Waals surface area contributed by atoms with Gasteiger partial charge in [-0.25, -0.2) is 9.18 Å². The van der Waals surface area contributed by atoms with Crippen molar-refractivity contribution in [3.63, 3.8) is 0 Å². The molecule has 0 fully saturated rings. The van der Waals surface area contributed by atoms with E-state index < -0.39 is 40.3 Å². The van der Waals surface area contributed by atoms with E-state index in [9.17, 15) is 28.9 Å². The Labute approximate surface area is 163 Å². The number of nitrogens with zero attached hydrogens (tertiary/aromatic N) is 1. The standard InChI is InChI=1S/C18H16FN3O7/c1-10(29-15-6-4-3-5-14(15)19)16(23)20-21-17(24)11-7-12(18(25)28-2)9-13(8-11)22(26)27/h3-10H,1-2H3,(H,20,23)(H,21,24)/t10-/m1/s1. The van der Waals surface area contributed by atoms with Gasteiger partial charge in [-0.3, -0.25) is 30.6 Å². The third-order valence-electron chi connectivity index (χ3n) is 3.62. The van der Waals surface area contributed by atoms with Gasteiger partial charge in [-0.05, 0) is 25.1 Å². The van der Waals surface area contributed by atoms with Gasteiger partial charge in [0.2, 0.25) is 0 Å². The molecule has 1 atom stereocenters. The van der Waals surface area contributed by atoms with Crippen molar-refractivity contribution in [1.82, 2.24) is 10.9 Å². The number of benzene rings is 2. The van der Waals surface area contributed by atoms with Crippen LogP contribution in [0.15, 0.2) is 42.5 Å². The lowest BCUT2D eigenvalue weighted by Crippen LogP contribution is -2.47. The summed E-state index contributed by atoms with van der Waals surface area (Å²) in [6.07, 6.45) is -1.16. The van der Waals surface area contributed by atoms with E-state index in [2.05, 4.69) is 10.2 Å². The zero-order chi connectivity index (χ0) is 21.6. The molecule has 2 aromatic carbocycles. The molecule has 0 heterocycles. The molecule has 0 saturated carbocycles. The largest absolute Gasteiger partial charge is 0.478 e. The summed E-state index contributed by atoms with van der Waals surface area (Å²) in [6, 6.07) is 8.40. The van der Waals surface area contributed by atoms with Gasteiger partial charge in [0, 0.05) is 17.7 Å². The number of esters is 1. The van der Waals surface area contributed by atoms with Crippen LogP contribution in [0.1, 0.15) is 27.6 Å². The number of para-hydroxylation sites is 1. The highest BCUT2D eigenvalue weighted by molar-refractivity contribution is 5.99. The maximum absolute atomic E-state index is 13.6. The summed E-state index contributed by atoms with van der Waals surface area (Å²) in [5.74, 6) is -3.42. The van der Waals surface area contributed by atoms with Crippen LogP contribution in [-0.2, 0) is 9.53 Å². The van der Waals surface area contributed by atoms with E-state index in [1.54, 1.807) is 0 Å². The molecular weight excluding hydrogens is 389 g/mol. The summed E-state index contributed by atoms with van der Waals surface area (Å²) in [6.45, 7) is 1.33. The molecule has 0 aliphatic carbocycles. The van der Waals surface area contributed by atoms with Gasteiger partial charge in [0.15, 0.2) is 17.7 Å². The predicted octanol–water partition coefficient (Wildman–Crippen LogP) is 1.75. The van der Waals surface area contributed by atoms with Gasteiger partial charge in [-0.1, -0.05) is 12.1 Å². The molecule has 0 radical (unpaired) electrons. The van der Waals surface area contributed by atoms with Crippen LogP contribution in [0.2, 0.25) is 0 Å². The van der Waals surface area contributed by atoms with Crippen molar-refractivity contribution in [1.29, 1.82) is 0 Å². The number of hydrazine groups is 1. The maximum Gasteiger partial charge on any atom is 0.338 e. The van der Waals surface area contributed by atoms with E-state index in [4.69, 9.17) is 4.74 Å². The molecule has 0 unspecified atom stereocenters. The lowest BCUT2D eigenvalue weighted by Gasteiger charge is -2.15. The van der Waals surface area contributed by atoms with Gasteiger partial charge in [0.1, 0.15) is 0 Å². The highest BCUT2D eigenvalue weighted by Crippen LogP contribution is 2.18. The minimum absolute atomic E-state index is 0.150. The molecule has 0 saturated heterocycles. The van der Waals surface area contributed by atoms with Crippen LogP contribution < -0.4 is 15.6 Å². The van der Waals surface area contributed by atoms with Gasteiger partial charge in [0.25, 0.3) is 17.5 Å². The summed E-state index contributed by atoms with van der Waals surface area (Å²) < 4.78 is 23.2. The Kier molecular flexibility index (Phi) is 6.80. The fourth-order valence-corrected chi connectivity index (χ4v) is 2.16. The van der Waals surface area contributed by atoms with E-state index in [1.807, 2.05) is 5.43 Å². The highest BCUT2D eigenvalue weighted by Gasteiger charge is 2.20. The minimum atomic E-state index is -1.16. The van der Waals surface area contributed by atoms with Crippen LogP contribution in [0, 0.1) is 15.9 Å². The fraction of sp³-hybridized carbons (Fsp3) is 0.167. The fourth-order valence-electron chi connectivity index (χ4n) is 2.16. The lowest BCUT2D eigenvalue weighted by atomic mass is 10.1. The maximum atomic E-state index is 13.6. The van der Waals surface area contributed by atoms with E-state index in [1.165, 1.54) is 25.1 Å². The zero-order valence-electron chi connectivity index (χ0n) is 15.3. The third-order valence-corrected chi connectivity index (χ3v) is 3.62. The molecule has 0 aliphatic rings. The quantitative estimate of drug-likeness (QED) is 0.424. The molecule has 0 bridgehead atoms. The summed E-state index contributed by atoms with van der Waals surface area (Å²) >= 11 is 0. The smallest absolute Gasteiger partial charge is 0.338 e. The number of rotatable bonds is 6. The number of methoxy groups -OCH3 is 1. The van der Waals surface area contributed by atoms with Gasteiger partial charge >= 0.3 is 5.97 Å². The van der Waals surface area contributed by atoms with Crippen molar-refractivity contribution in [2.75, 3.05) is 7.11 Å². The molecular formula is C18H16FN3O7. The molecule has 10 nitrogen and oxygen atoms in total. The van der Waals surface area contributed by atoms with Gasteiger partial charge in [-0.2, -0.15) is 0 Å². The number of ether oxygens (including phenoxy) is 2. The lowest BCUT2D eigenvalue weighted by molar-refractivity contribution is -0.384. The minimum Gasteiger partial charge on any atom is -0.478 e. The van der Waals surface area contributed by atoms with Crippen molar-refractivity contribution in [2.45, 2.75) is 13.0 Å². The second-order valence-corrected chi connectivity index (χ2v) is 5.65. The first-order valence-corrected chi connectivity index (χ1v) is 8.12. The summed E-state index contributed by atoms with van der Waals surface area (Å²) in [7, 11) is 1.08. The highest BCUT2D eigenvalue weighted by atomic mass is 19.1. The van der Waals surface area contributed by atoms with Gasteiger partial charge in [-0.15, -0.1) is 0 Å². The molecule has 2 N–H and O–H groups in total. The van der Waals surface area contributed by atoms with Crippen LogP contribution in [0.4, 0.5) is 10.1 Å². The number of hydrogen-bond donors (Lipinski definition) is 2. The molecule has 0 spiro atoms. The van der Waals surface area contributed by atoms with E-state index >= 15 is 0 Å². The normalized spacial score (nSPS) is 11.1. The first kappa shape index (κ1) is 21.3. The molecule has 152 valence electrons. The molecule has 29 heavy (non-hydrogen) atoms. The van der Waals surface area contributed by atoms with E-state index in [-0.39, 0.29) is 16.9 Å². The number of amides is 2. The Morgan fingerprint density at radius 3 is 2.38 bits per heavy atom. The molecule has 2 amide bonds. The van der Waals surface area contributed by atoms with E-state index in [0.717, 1.165) is 31.4 Å². The Morgan fingerprint density at radius 1 is 1.10 bits per heavy atom. The zero-order valence-corrected chi connectivity index (χ0v) is 15.3. The first-order valence-electron chi connectivity index (χ1n) is 8.12. The second kappa shape index (κ2) is 9.26. The number of nitrogens with one attached hydrogen (secondary N) is 2. The summed E-state index contributed by atoms with van der Waals surface area (Å²) in [5.41, 5.74) is 3.11. The Bertz CT molecular complexity index is 964. The molecule has 0 aliphatic heterocycles. The second-order valence-electron chi connectivity index (χ2n) is 5.65. The molecule has 11 heteroatoms. The third kappa shape index (κ3) is 5.48. The van der Waals surface area contributed by atoms with Crippen LogP contribution in [0.5, 0.6) is 5.75 Å². The first-order chi connectivity index (χ1) is 13.7. The topological polar surface area (TPSA) is 137 Å². The summed E-state index contributed by atoms with van der Waals surface area (Å²) in [5, 5.41) is 11.0. The van der Waals surface area contributed by atoms with Crippen LogP contribution in [-0.4, -0.2) is 35.9 Å². The predicted molar refractivity (Wildman–Crippen MR) is 96.5 cm³/mol. The van der Waals surface area contributed by atoms with Crippen molar-refractivity contribution in [2.24, 2.45) is 0 Å². The Morgan fingerprint density at radius 2 is 1.76 bits per heavy atom. The Balaban J connectivity index is 2.07. The van der Waals surface area contributed by atoms with Crippen LogP contribution >= 0.6 is 0 Å². The molecule has 2 rings (SSSR count). The number of carbonyl (C=O) groups is 3. The number of nitro benzene ring substituents is 1. The van der Waals surface area contributed by atoms with Crippen molar-refractivity contribution in [3.05, 3.63) is 69.5 Å². The van der Waals surface area contributed by atoms with Crippen molar-refractivity contribution >= 4 is 23.5 Å². The molecule has 2 aromatic rings. The SMILES string of the molecule is COC(=O)c1cc(C(=O)NNC(=O)[C@@H](C)Oc2ccccc2F)cc([N+](=O)[O-])c1. The van der Waals surface area contributed by atoms with Crippen LogP contribution in [0.3, 0.4) is 0 Å². The summed E-state index contributed by atoms with van der Waals surface area (Å²) in [4.78, 5) is 46.1. The number of nitro groups is 1. The number of carbonyl (C=O) groups excluding carboxylic acids is 3. The van der Waals surface area contributed by atoms with Crippen molar-refractivity contribution < 1.29 is 33.2 Å². The average Bonchev–Trinajstić information content (AvgIpc) is 2.72. The number of halogens is 1. The Hall–Kier alpha value is -4.02. The van der Waals surface area contributed by atoms with E-state index in [0.29, 0.717) is 0 Å².